The first-order chi connectivity index (χ1) is 13.2. The molecule has 0 aliphatic carbocycles. The van der Waals surface area contributed by atoms with Gasteiger partial charge in [0.1, 0.15) is 6.10 Å². The number of hydrogen-bond donors (Lipinski definition) is 0. The fourth-order valence-electron chi connectivity index (χ4n) is 2.31. The Kier molecular flexibility index (Phi) is 16.6. The van der Waals surface area contributed by atoms with E-state index in [0.717, 1.165) is 25.0 Å². The molecule has 3 heteroatoms. The summed E-state index contributed by atoms with van der Waals surface area (Å²) >= 11 is 0. The van der Waals surface area contributed by atoms with Crippen molar-refractivity contribution in [1.82, 2.24) is 0 Å². The molecule has 0 heterocycles. The standard InChI is InChI=1S/C12H18O2.C10H14O.C2H6/c1-10(2)14-9-12(13-3)11-7-5-4-6-8-11;1-11-9-5-8-10-6-3-2-4-7-10;1-2/h4-8,10,12H,9H2,1-3H3;2-4,6-7H,5,8-9H2,1H3;1-2H3/t12-;;/m1../s1. The van der Waals surface area contributed by atoms with Gasteiger partial charge in [0.2, 0.25) is 0 Å². The summed E-state index contributed by atoms with van der Waals surface area (Å²) in [5.74, 6) is 0. The zero-order chi connectivity index (χ0) is 20.3. The van der Waals surface area contributed by atoms with Gasteiger partial charge in [-0.15, -0.1) is 0 Å². The predicted octanol–water partition coefficient (Wildman–Crippen LogP) is 6.09. The Morgan fingerprint density at radius 2 is 1.37 bits per heavy atom. The van der Waals surface area contributed by atoms with Crippen LogP contribution in [0.4, 0.5) is 0 Å². The van der Waals surface area contributed by atoms with E-state index >= 15 is 0 Å². The van der Waals surface area contributed by atoms with Crippen molar-refractivity contribution in [3.05, 3.63) is 71.8 Å². The van der Waals surface area contributed by atoms with Gasteiger partial charge in [0, 0.05) is 20.8 Å². The molecule has 0 aliphatic rings. The number of ether oxygens (including phenoxy) is 3. The molecule has 0 amide bonds. The van der Waals surface area contributed by atoms with Gasteiger partial charge in [-0.2, -0.15) is 0 Å². The van der Waals surface area contributed by atoms with Crippen LogP contribution in [0.25, 0.3) is 0 Å². The highest BCUT2D eigenvalue weighted by Crippen LogP contribution is 2.16. The van der Waals surface area contributed by atoms with Gasteiger partial charge in [-0.25, -0.2) is 0 Å². The topological polar surface area (TPSA) is 27.7 Å². The third kappa shape index (κ3) is 13.2. The zero-order valence-corrected chi connectivity index (χ0v) is 18.0. The van der Waals surface area contributed by atoms with Crippen LogP contribution in [-0.2, 0) is 20.6 Å². The summed E-state index contributed by atoms with van der Waals surface area (Å²) in [6.07, 6.45) is 2.52. The van der Waals surface area contributed by atoms with Crippen LogP contribution in [0.15, 0.2) is 60.7 Å². The molecule has 27 heavy (non-hydrogen) atoms. The summed E-state index contributed by atoms with van der Waals surface area (Å²) in [5, 5.41) is 0. The van der Waals surface area contributed by atoms with Gasteiger partial charge in [0.15, 0.2) is 0 Å². The van der Waals surface area contributed by atoms with Gasteiger partial charge < -0.3 is 14.2 Å². The Balaban J connectivity index is 0.000000469. The maximum atomic E-state index is 5.52. The van der Waals surface area contributed by atoms with Crippen molar-refractivity contribution < 1.29 is 14.2 Å². The van der Waals surface area contributed by atoms with Crippen molar-refractivity contribution in [2.24, 2.45) is 0 Å². The summed E-state index contributed by atoms with van der Waals surface area (Å²) in [4.78, 5) is 0. The van der Waals surface area contributed by atoms with E-state index in [1.54, 1.807) is 14.2 Å². The highest BCUT2D eigenvalue weighted by atomic mass is 16.5. The lowest BCUT2D eigenvalue weighted by Crippen LogP contribution is -2.13. The average Bonchev–Trinajstić information content (AvgIpc) is 2.72. The third-order valence-electron chi connectivity index (χ3n) is 3.69. The molecule has 0 aromatic heterocycles. The number of benzene rings is 2. The molecule has 0 saturated carbocycles. The molecule has 2 aromatic carbocycles. The van der Waals surface area contributed by atoms with E-state index in [1.807, 2.05) is 52.0 Å². The summed E-state index contributed by atoms with van der Waals surface area (Å²) in [7, 11) is 3.45. The normalized spacial score (nSPS) is 11.1. The molecule has 152 valence electrons. The maximum Gasteiger partial charge on any atom is 0.105 e. The van der Waals surface area contributed by atoms with Gasteiger partial charge in [0.25, 0.3) is 0 Å². The minimum Gasteiger partial charge on any atom is -0.385 e. The molecular weight excluding hydrogens is 336 g/mol. The molecule has 1 atom stereocenters. The maximum absolute atomic E-state index is 5.52. The Morgan fingerprint density at radius 3 is 1.85 bits per heavy atom. The van der Waals surface area contributed by atoms with Gasteiger partial charge >= 0.3 is 0 Å². The summed E-state index contributed by atoms with van der Waals surface area (Å²) in [6, 6.07) is 20.6. The van der Waals surface area contributed by atoms with Crippen LogP contribution in [0.2, 0.25) is 0 Å². The Bertz CT molecular complexity index is 526. The fraction of sp³-hybridized carbons (Fsp3) is 0.500. The molecular formula is C24H38O3. The third-order valence-corrected chi connectivity index (χ3v) is 3.69. The van der Waals surface area contributed by atoms with Gasteiger partial charge in [-0.1, -0.05) is 74.5 Å². The minimum absolute atomic E-state index is 0.0404. The summed E-state index contributed by atoms with van der Waals surface area (Å²) in [6.45, 7) is 9.52. The lowest BCUT2D eigenvalue weighted by Gasteiger charge is -2.17. The first-order valence-electron chi connectivity index (χ1n) is 9.89. The van der Waals surface area contributed by atoms with Crippen molar-refractivity contribution in [2.45, 2.75) is 52.7 Å². The molecule has 0 aliphatic heterocycles. The highest BCUT2D eigenvalue weighted by molar-refractivity contribution is 5.17. The van der Waals surface area contributed by atoms with Crippen molar-refractivity contribution in [3.63, 3.8) is 0 Å². The van der Waals surface area contributed by atoms with Crippen LogP contribution in [0.3, 0.4) is 0 Å². The summed E-state index contributed by atoms with van der Waals surface area (Å²) in [5.41, 5.74) is 2.56. The molecule has 0 fully saturated rings. The molecule has 2 aromatic rings. The Morgan fingerprint density at radius 1 is 0.815 bits per heavy atom. The second-order valence-corrected chi connectivity index (χ2v) is 6.10. The zero-order valence-electron chi connectivity index (χ0n) is 18.0. The van der Waals surface area contributed by atoms with Gasteiger partial charge in [-0.3, -0.25) is 0 Å². The minimum atomic E-state index is 0.0404. The smallest absolute Gasteiger partial charge is 0.105 e. The van der Waals surface area contributed by atoms with Gasteiger partial charge in [0.05, 0.1) is 12.7 Å². The monoisotopic (exact) mass is 374 g/mol. The van der Waals surface area contributed by atoms with Crippen LogP contribution in [0.5, 0.6) is 0 Å². The molecule has 0 saturated heterocycles. The number of rotatable bonds is 9. The number of aryl methyl sites for hydroxylation is 1. The van der Waals surface area contributed by atoms with E-state index in [9.17, 15) is 0 Å². The lowest BCUT2D eigenvalue weighted by molar-refractivity contribution is -0.0165. The van der Waals surface area contributed by atoms with Crippen LogP contribution in [0, 0.1) is 0 Å². The van der Waals surface area contributed by atoms with E-state index in [0.29, 0.717) is 6.61 Å². The fourth-order valence-corrected chi connectivity index (χ4v) is 2.31. The SMILES string of the molecule is CC.COCCCc1ccccc1.CO[C@H](COC(C)C)c1ccccc1. The average molecular weight is 375 g/mol. The van der Waals surface area contributed by atoms with Crippen molar-refractivity contribution in [1.29, 1.82) is 0 Å². The quantitative estimate of drug-likeness (QED) is 0.497. The predicted molar refractivity (Wildman–Crippen MR) is 115 cm³/mol. The van der Waals surface area contributed by atoms with Crippen molar-refractivity contribution >= 4 is 0 Å². The van der Waals surface area contributed by atoms with E-state index in [1.165, 1.54) is 5.56 Å². The van der Waals surface area contributed by atoms with Crippen LogP contribution >= 0.6 is 0 Å². The molecule has 0 radical (unpaired) electrons. The molecule has 0 bridgehead atoms. The number of methoxy groups -OCH3 is 2. The highest BCUT2D eigenvalue weighted by Gasteiger charge is 2.10. The Hall–Kier alpha value is -1.68. The first kappa shape index (κ1) is 25.3. The van der Waals surface area contributed by atoms with E-state index in [2.05, 4.69) is 36.4 Å². The molecule has 2 rings (SSSR count). The van der Waals surface area contributed by atoms with Crippen molar-refractivity contribution in [2.75, 3.05) is 27.4 Å². The van der Waals surface area contributed by atoms with E-state index < -0.39 is 0 Å². The van der Waals surface area contributed by atoms with Crippen molar-refractivity contribution in [3.8, 4) is 0 Å². The summed E-state index contributed by atoms with van der Waals surface area (Å²) < 4.78 is 15.8. The van der Waals surface area contributed by atoms with Gasteiger partial charge in [-0.05, 0) is 37.8 Å². The van der Waals surface area contributed by atoms with Crippen LogP contribution < -0.4 is 0 Å². The largest absolute Gasteiger partial charge is 0.385 e. The molecule has 0 unspecified atom stereocenters. The van der Waals surface area contributed by atoms with E-state index in [-0.39, 0.29) is 12.2 Å². The molecule has 3 nitrogen and oxygen atoms in total. The second-order valence-electron chi connectivity index (χ2n) is 6.10. The number of hydrogen-bond acceptors (Lipinski definition) is 3. The van der Waals surface area contributed by atoms with E-state index in [4.69, 9.17) is 14.2 Å². The first-order valence-corrected chi connectivity index (χ1v) is 9.89. The van der Waals surface area contributed by atoms with Crippen LogP contribution in [0.1, 0.15) is 51.3 Å². The second kappa shape index (κ2) is 17.7. The molecule has 0 N–H and O–H groups in total. The molecule has 0 spiro atoms. The Labute approximate surface area is 166 Å². The lowest BCUT2D eigenvalue weighted by atomic mass is 10.1. The van der Waals surface area contributed by atoms with Crippen LogP contribution in [-0.4, -0.2) is 33.5 Å².